The van der Waals surface area contributed by atoms with Crippen LogP contribution in [0.1, 0.15) is 33.9 Å². The van der Waals surface area contributed by atoms with Gasteiger partial charge < -0.3 is 9.67 Å². The fraction of sp³-hybridized carbons (Fsp3) is 0.143. The van der Waals surface area contributed by atoms with E-state index in [1.54, 1.807) is 0 Å². The average molecular weight is 421 g/mol. The molecule has 1 unspecified atom stereocenters. The van der Waals surface area contributed by atoms with E-state index in [9.17, 15) is 9.90 Å². The summed E-state index contributed by atoms with van der Waals surface area (Å²) in [7, 11) is 0. The maximum Gasteiger partial charge on any atom is 0.315 e. The summed E-state index contributed by atoms with van der Waals surface area (Å²) >= 11 is 0. The lowest BCUT2D eigenvalue weighted by Gasteiger charge is -2.14. The van der Waals surface area contributed by atoms with Crippen molar-refractivity contribution in [1.29, 1.82) is 0 Å². The molecule has 0 fully saturated rings. The number of benzene rings is 3. The van der Waals surface area contributed by atoms with Crippen LogP contribution in [-0.4, -0.2) is 20.6 Å². The Balaban J connectivity index is 1.56. The first-order valence-corrected chi connectivity index (χ1v) is 10.7. The summed E-state index contributed by atoms with van der Waals surface area (Å²) in [4.78, 5) is 16.8. The summed E-state index contributed by atoms with van der Waals surface area (Å²) in [5.41, 5.74) is 7.03. The number of para-hydroxylation sites is 1. The van der Waals surface area contributed by atoms with Crippen molar-refractivity contribution >= 4 is 27.9 Å². The van der Waals surface area contributed by atoms with Crippen LogP contribution in [0.4, 0.5) is 0 Å². The van der Waals surface area contributed by atoms with Crippen LogP contribution in [-0.2, 0) is 11.3 Å². The molecule has 5 aromatic rings. The monoisotopic (exact) mass is 420 g/mol. The van der Waals surface area contributed by atoms with Gasteiger partial charge in [0.1, 0.15) is 11.6 Å². The van der Waals surface area contributed by atoms with Gasteiger partial charge in [0.2, 0.25) is 0 Å². The fourth-order valence-electron chi connectivity index (χ4n) is 4.66. The number of fused-ring (bicyclic) bond motifs is 3. The Hall–Kier alpha value is -3.92. The van der Waals surface area contributed by atoms with Crippen molar-refractivity contribution in [3.8, 4) is 0 Å². The molecular weight excluding hydrogens is 396 g/mol. The van der Waals surface area contributed by atoms with E-state index >= 15 is 0 Å². The molecule has 0 aliphatic rings. The van der Waals surface area contributed by atoms with E-state index in [1.807, 2.05) is 61.5 Å². The number of pyridine rings is 1. The predicted octanol–water partition coefficient (Wildman–Crippen LogP) is 6.07. The summed E-state index contributed by atoms with van der Waals surface area (Å²) in [6, 6.07) is 27.8. The van der Waals surface area contributed by atoms with Crippen LogP contribution in [0.2, 0.25) is 0 Å². The number of carboxylic acid groups (broad SMARTS) is 1. The van der Waals surface area contributed by atoms with E-state index in [2.05, 4.69) is 41.8 Å². The molecule has 0 saturated heterocycles. The van der Waals surface area contributed by atoms with E-state index in [-0.39, 0.29) is 0 Å². The quantitative estimate of drug-likeness (QED) is 0.375. The number of carboxylic acids is 1. The molecule has 0 aliphatic carbocycles. The predicted molar refractivity (Wildman–Crippen MR) is 128 cm³/mol. The van der Waals surface area contributed by atoms with Gasteiger partial charge in [-0.25, -0.2) is 4.98 Å². The third kappa shape index (κ3) is 3.44. The molecule has 5 rings (SSSR count). The average Bonchev–Trinajstić information content (AvgIpc) is 3.09. The van der Waals surface area contributed by atoms with E-state index in [4.69, 9.17) is 4.98 Å². The molecule has 0 spiro atoms. The molecule has 0 saturated carbocycles. The number of aromatic nitrogens is 2. The number of carbonyl (C=O) groups is 1. The lowest BCUT2D eigenvalue weighted by molar-refractivity contribution is -0.137. The van der Waals surface area contributed by atoms with Crippen molar-refractivity contribution in [2.24, 2.45) is 0 Å². The zero-order valence-electron chi connectivity index (χ0n) is 18.1. The highest BCUT2D eigenvalue weighted by Crippen LogP contribution is 2.32. The Bertz CT molecular complexity index is 1430. The van der Waals surface area contributed by atoms with Gasteiger partial charge in [-0.05, 0) is 48.2 Å². The molecule has 1 N–H and O–H groups in total. The number of aryl methyl sites for hydroxylation is 2. The molecule has 4 heteroatoms. The minimum atomic E-state index is -0.846. The maximum absolute atomic E-state index is 12.0. The zero-order valence-corrected chi connectivity index (χ0v) is 18.1. The summed E-state index contributed by atoms with van der Waals surface area (Å²) in [6.07, 6.45) is 0. The SMILES string of the molecule is Cc1cc(C)c2c3ccccc3n(Cc3ccc(C(C(=O)O)c4ccccc4)cc3)c2n1. The summed E-state index contributed by atoms with van der Waals surface area (Å²) in [5, 5.41) is 12.2. The molecule has 0 bridgehead atoms. The third-order valence-corrected chi connectivity index (χ3v) is 6.08. The van der Waals surface area contributed by atoms with Crippen LogP contribution < -0.4 is 0 Å². The first kappa shape index (κ1) is 20.0. The van der Waals surface area contributed by atoms with Gasteiger partial charge in [0.05, 0.1) is 5.52 Å². The number of hydrogen-bond donors (Lipinski definition) is 1. The Morgan fingerprint density at radius 2 is 1.56 bits per heavy atom. The van der Waals surface area contributed by atoms with Crippen molar-refractivity contribution in [3.05, 3.63) is 113 Å². The molecule has 4 nitrogen and oxygen atoms in total. The van der Waals surface area contributed by atoms with Gasteiger partial charge in [0, 0.05) is 23.0 Å². The zero-order chi connectivity index (χ0) is 22.2. The smallest absolute Gasteiger partial charge is 0.315 e. The summed E-state index contributed by atoms with van der Waals surface area (Å²) in [6.45, 7) is 4.83. The van der Waals surface area contributed by atoms with Crippen molar-refractivity contribution in [2.75, 3.05) is 0 Å². The molecule has 2 aromatic heterocycles. The lowest BCUT2D eigenvalue weighted by Crippen LogP contribution is -2.13. The first-order valence-electron chi connectivity index (χ1n) is 10.7. The normalized spacial score (nSPS) is 12.3. The van der Waals surface area contributed by atoms with Gasteiger partial charge in [-0.2, -0.15) is 0 Å². The number of rotatable bonds is 5. The standard InChI is InChI=1S/C28H24N2O2/c1-18-16-19(2)29-27-25(18)23-10-6-7-11-24(23)30(27)17-20-12-14-22(15-13-20)26(28(31)32)21-8-4-3-5-9-21/h3-16,26H,17H2,1-2H3,(H,31,32). The minimum Gasteiger partial charge on any atom is -0.481 e. The Kier molecular flexibility index (Phi) is 4.98. The van der Waals surface area contributed by atoms with Crippen molar-refractivity contribution < 1.29 is 9.90 Å². The lowest BCUT2D eigenvalue weighted by atomic mass is 9.91. The van der Waals surface area contributed by atoms with Crippen LogP contribution in [0.5, 0.6) is 0 Å². The second-order valence-electron chi connectivity index (χ2n) is 8.31. The van der Waals surface area contributed by atoms with Gasteiger partial charge in [-0.15, -0.1) is 0 Å². The highest BCUT2D eigenvalue weighted by atomic mass is 16.4. The molecule has 32 heavy (non-hydrogen) atoms. The van der Waals surface area contributed by atoms with E-state index in [0.717, 1.165) is 33.5 Å². The van der Waals surface area contributed by atoms with Crippen molar-refractivity contribution in [1.82, 2.24) is 9.55 Å². The van der Waals surface area contributed by atoms with Crippen molar-refractivity contribution in [3.63, 3.8) is 0 Å². The van der Waals surface area contributed by atoms with E-state index in [0.29, 0.717) is 6.54 Å². The van der Waals surface area contributed by atoms with E-state index < -0.39 is 11.9 Å². The van der Waals surface area contributed by atoms with Crippen LogP contribution in [0.3, 0.4) is 0 Å². The first-order chi connectivity index (χ1) is 15.5. The van der Waals surface area contributed by atoms with Crippen LogP contribution in [0.25, 0.3) is 21.9 Å². The molecule has 158 valence electrons. The maximum atomic E-state index is 12.0. The van der Waals surface area contributed by atoms with Gasteiger partial charge in [-0.1, -0.05) is 72.8 Å². The molecule has 1 atom stereocenters. The van der Waals surface area contributed by atoms with Gasteiger partial charge in [0.25, 0.3) is 0 Å². The van der Waals surface area contributed by atoms with Gasteiger partial charge in [0.15, 0.2) is 0 Å². The Morgan fingerprint density at radius 1 is 0.906 bits per heavy atom. The van der Waals surface area contributed by atoms with Crippen molar-refractivity contribution in [2.45, 2.75) is 26.3 Å². The topological polar surface area (TPSA) is 55.1 Å². The molecule has 0 aliphatic heterocycles. The van der Waals surface area contributed by atoms with Crippen LogP contribution in [0, 0.1) is 13.8 Å². The molecular formula is C28H24N2O2. The van der Waals surface area contributed by atoms with E-state index in [1.165, 1.54) is 16.3 Å². The Morgan fingerprint density at radius 3 is 2.28 bits per heavy atom. The number of nitrogens with zero attached hydrogens (tertiary/aromatic N) is 2. The summed E-state index contributed by atoms with van der Waals surface area (Å²) < 4.78 is 2.26. The molecule has 0 radical (unpaired) electrons. The molecule has 3 aromatic carbocycles. The number of hydrogen-bond acceptors (Lipinski definition) is 2. The van der Waals surface area contributed by atoms with Crippen LogP contribution >= 0.6 is 0 Å². The molecule has 2 heterocycles. The highest BCUT2D eigenvalue weighted by molar-refractivity contribution is 6.08. The number of aliphatic carboxylic acids is 1. The minimum absolute atomic E-state index is 0.670. The molecule has 0 amide bonds. The van der Waals surface area contributed by atoms with Crippen LogP contribution in [0.15, 0.2) is 84.9 Å². The second kappa shape index (κ2) is 7.97. The Labute approximate surface area is 186 Å². The summed E-state index contributed by atoms with van der Waals surface area (Å²) in [5.74, 6) is -1.52. The van der Waals surface area contributed by atoms with Gasteiger partial charge in [-0.3, -0.25) is 4.79 Å². The highest BCUT2D eigenvalue weighted by Gasteiger charge is 2.22. The third-order valence-electron chi connectivity index (χ3n) is 6.08. The van der Waals surface area contributed by atoms with Gasteiger partial charge >= 0.3 is 5.97 Å². The fourth-order valence-corrected chi connectivity index (χ4v) is 4.66. The second-order valence-corrected chi connectivity index (χ2v) is 8.31. The largest absolute Gasteiger partial charge is 0.481 e.